The lowest BCUT2D eigenvalue weighted by atomic mass is 9.68. The van der Waals surface area contributed by atoms with Crippen LogP contribution in [0.25, 0.3) is 0 Å². The lowest BCUT2D eigenvalue weighted by molar-refractivity contribution is -0.109. The molecule has 4 nitrogen and oxygen atoms in total. The van der Waals surface area contributed by atoms with Crippen LogP contribution in [0.1, 0.15) is 36.9 Å². The minimum absolute atomic E-state index is 0.138. The Hall–Kier alpha value is -1.53. The van der Waals surface area contributed by atoms with Gasteiger partial charge in [-0.05, 0) is 55.6 Å². The summed E-state index contributed by atoms with van der Waals surface area (Å²) in [6.45, 7) is 3.64. The molecule has 1 aromatic heterocycles. The van der Waals surface area contributed by atoms with Gasteiger partial charge >= 0.3 is 0 Å². The third kappa shape index (κ3) is 4.38. The summed E-state index contributed by atoms with van der Waals surface area (Å²) in [4.78, 5) is 4.46. The molecule has 0 aliphatic carbocycles. The zero-order valence-electron chi connectivity index (χ0n) is 15.9. The van der Waals surface area contributed by atoms with Crippen molar-refractivity contribution < 1.29 is 13.9 Å². The first-order chi connectivity index (χ1) is 13.6. The average Bonchev–Trinajstić information content (AvgIpc) is 3.13. The average molecular weight is 405 g/mol. The van der Waals surface area contributed by atoms with Gasteiger partial charge in [-0.3, -0.25) is 4.98 Å². The smallest absolute Gasteiger partial charge is 0.141 e. The van der Waals surface area contributed by atoms with E-state index in [-0.39, 0.29) is 16.8 Å². The van der Waals surface area contributed by atoms with Crippen LogP contribution in [0.3, 0.4) is 0 Å². The van der Waals surface area contributed by atoms with Crippen molar-refractivity contribution in [3.8, 4) is 0 Å². The number of rotatable bonds is 6. The normalized spacial score (nSPS) is 27.4. The Morgan fingerprint density at radius 1 is 1.18 bits per heavy atom. The molecule has 0 bridgehead atoms. The van der Waals surface area contributed by atoms with Gasteiger partial charge in [-0.15, -0.1) is 0 Å². The molecule has 2 atom stereocenters. The molecule has 2 aliphatic rings. The van der Waals surface area contributed by atoms with Crippen LogP contribution >= 0.6 is 11.6 Å². The van der Waals surface area contributed by atoms with Crippen molar-refractivity contribution in [1.82, 2.24) is 10.3 Å². The maximum Gasteiger partial charge on any atom is 0.141 e. The molecule has 0 unspecified atom stereocenters. The highest BCUT2D eigenvalue weighted by Crippen LogP contribution is 2.46. The number of ether oxygens (including phenoxy) is 2. The van der Waals surface area contributed by atoms with Gasteiger partial charge in [0.2, 0.25) is 0 Å². The van der Waals surface area contributed by atoms with E-state index in [0.717, 1.165) is 61.7 Å². The predicted octanol–water partition coefficient (Wildman–Crippen LogP) is 4.26. The highest BCUT2D eigenvalue weighted by molar-refractivity contribution is 6.30. The fourth-order valence-electron chi connectivity index (χ4n) is 4.52. The molecule has 2 saturated heterocycles. The fourth-order valence-corrected chi connectivity index (χ4v) is 4.73. The van der Waals surface area contributed by atoms with Gasteiger partial charge in [-0.25, -0.2) is 4.39 Å². The molecule has 2 fully saturated rings. The van der Waals surface area contributed by atoms with E-state index in [4.69, 9.17) is 21.1 Å². The van der Waals surface area contributed by atoms with E-state index in [1.807, 2.05) is 24.3 Å². The zero-order chi connectivity index (χ0) is 19.5. The molecule has 3 heterocycles. The number of hydrogen-bond donors (Lipinski definition) is 1. The predicted molar refractivity (Wildman–Crippen MR) is 107 cm³/mol. The number of nitrogens with one attached hydrogen (secondary N) is 1. The van der Waals surface area contributed by atoms with E-state index in [2.05, 4.69) is 16.4 Å². The van der Waals surface area contributed by atoms with Gasteiger partial charge in [0.1, 0.15) is 5.82 Å². The molecular weight excluding hydrogens is 379 g/mol. The quantitative estimate of drug-likeness (QED) is 0.730. The Kier molecular flexibility index (Phi) is 5.97. The van der Waals surface area contributed by atoms with Gasteiger partial charge in [0.25, 0.3) is 0 Å². The molecule has 1 aromatic carbocycles. The molecular formula is C22H26ClFN2O2. The number of nitrogens with zero attached hydrogens (tertiary/aromatic N) is 1. The van der Waals surface area contributed by atoms with E-state index >= 15 is 0 Å². The van der Waals surface area contributed by atoms with Crippen molar-refractivity contribution in [2.45, 2.75) is 43.2 Å². The lowest BCUT2D eigenvalue weighted by Crippen LogP contribution is -2.49. The first-order valence-corrected chi connectivity index (χ1v) is 10.3. The van der Waals surface area contributed by atoms with Crippen molar-refractivity contribution in [2.24, 2.45) is 0 Å². The van der Waals surface area contributed by atoms with Gasteiger partial charge < -0.3 is 14.8 Å². The lowest BCUT2D eigenvalue weighted by Gasteiger charge is -2.45. The first-order valence-electron chi connectivity index (χ1n) is 9.88. The summed E-state index contributed by atoms with van der Waals surface area (Å²) in [5.74, 6) is -0.302. The van der Waals surface area contributed by atoms with Gasteiger partial charge in [-0.1, -0.05) is 23.7 Å². The molecule has 2 aromatic rings. The summed E-state index contributed by atoms with van der Waals surface area (Å²) in [7, 11) is 0. The summed E-state index contributed by atoms with van der Waals surface area (Å²) in [6, 6.07) is 11.2. The van der Waals surface area contributed by atoms with E-state index in [9.17, 15) is 4.39 Å². The number of benzene rings is 1. The SMILES string of the molecule is Fc1ccc([C@@]2(CCNCc3cccc(Cl)c3)CCO[C@@]3(CCOC3)C2)nc1. The largest absolute Gasteiger partial charge is 0.378 e. The summed E-state index contributed by atoms with van der Waals surface area (Å²) < 4.78 is 25.3. The molecule has 1 N–H and O–H groups in total. The number of pyridine rings is 1. The van der Waals surface area contributed by atoms with E-state index in [1.54, 1.807) is 0 Å². The monoisotopic (exact) mass is 404 g/mol. The maximum atomic E-state index is 13.5. The minimum Gasteiger partial charge on any atom is -0.378 e. The van der Waals surface area contributed by atoms with Crippen LogP contribution in [0.15, 0.2) is 42.6 Å². The van der Waals surface area contributed by atoms with E-state index < -0.39 is 0 Å². The highest BCUT2D eigenvalue weighted by Gasteiger charge is 2.49. The van der Waals surface area contributed by atoms with Crippen molar-refractivity contribution in [1.29, 1.82) is 0 Å². The number of hydrogen-bond acceptors (Lipinski definition) is 4. The summed E-state index contributed by atoms with van der Waals surface area (Å²) in [6.07, 6.45) is 4.89. The third-order valence-electron chi connectivity index (χ3n) is 5.99. The molecule has 4 rings (SSSR count). The molecule has 150 valence electrons. The van der Waals surface area contributed by atoms with Gasteiger partial charge in [-0.2, -0.15) is 0 Å². The molecule has 0 radical (unpaired) electrons. The standard InChI is InChI=1S/C22H26ClFN2O2/c23-18-3-1-2-17(12-18)13-25-9-6-21(20-5-4-19(24)14-26-20)7-11-28-22(15-21)8-10-27-16-22/h1-5,12,14,25H,6-11,13,15-16H2/t21-,22-/m0/s1. The van der Waals surface area contributed by atoms with Gasteiger partial charge in [0, 0.05) is 42.3 Å². The minimum atomic E-state index is -0.302. The Morgan fingerprint density at radius 2 is 2.11 bits per heavy atom. The number of aromatic nitrogens is 1. The van der Waals surface area contributed by atoms with Crippen LogP contribution in [0, 0.1) is 5.82 Å². The fraction of sp³-hybridized carbons (Fsp3) is 0.500. The maximum absolute atomic E-state index is 13.5. The van der Waals surface area contributed by atoms with Crippen LogP contribution in [0.2, 0.25) is 5.02 Å². The highest BCUT2D eigenvalue weighted by atomic mass is 35.5. The topological polar surface area (TPSA) is 43.4 Å². The van der Waals surface area contributed by atoms with Crippen molar-refractivity contribution in [3.05, 3.63) is 64.7 Å². The van der Waals surface area contributed by atoms with Crippen LogP contribution in [0.5, 0.6) is 0 Å². The summed E-state index contributed by atoms with van der Waals surface area (Å²) >= 11 is 6.07. The second-order valence-corrected chi connectivity index (χ2v) is 8.40. The summed E-state index contributed by atoms with van der Waals surface area (Å²) in [5, 5.41) is 4.28. The summed E-state index contributed by atoms with van der Waals surface area (Å²) in [5.41, 5.74) is 1.74. The Labute approximate surface area is 170 Å². The number of halogens is 2. The van der Waals surface area contributed by atoms with Gasteiger partial charge in [0.05, 0.1) is 18.4 Å². The second kappa shape index (κ2) is 8.46. The van der Waals surface area contributed by atoms with Crippen LogP contribution in [-0.2, 0) is 21.4 Å². The van der Waals surface area contributed by atoms with Crippen LogP contribution < -0.4 is 5.32 Å². The Bertz CT molecular complexity index is 795. The molecule has 0 amide bonds. The van der Waals surface area contributed by atoms with Crippen molar-refractivity contribution >= 4 is 11.6 Å². The molecule has 28 heavy (non-hydrogen) atoms. The first kappa shape index (κ1) is 19.8. The second-order valence-electron chi connectivity index (χ2n) is 7.96. The van der Waals surface area contributed by atoms with Crippen molar-refractivity contribution in [2.75, 3.05) is 26.4 Å². The molecule has 6 heteroatoms. The molecule has 1 spiro atoms. The van der Waals surface area contributed by atoms with Crippen LogP contribution in [0.4, 0.5) is 4.39 Å². The molecule has 2 aliphatic heterocycles. The zero-order valence-corrected chi connectivity index (χ0v) is 16.7. The van der Waals surface area contributed by atoms with E-state index in [1.165, 1.54) is 12.3 Å². The van der Waals surface area contributed by atoms with Crippen LogP contribution in [-0.4, -0.2) is 37.0 Å². The van der Waals surface area contributed by atoms with Gasteiger partial charge in [0.15, 0.2) is 0 Å². The molecule has 0 saturated carbocycles. The van der Waals surface area contributed by atoms with Crippen molar-refractivity contribution in [3.63, 3.8) is 0 Å². The third-order valence-corrected chi connectivity index (χ3v) is 6.22. The Balaban J connectivity index is 1.47. The Morgan fingerprint density at radius 3 is 2.86 bits per heavy atom. The van der Waals surface area contributed by atoms with E-state index in [0.29, 0.717) is 13.2 Å².